The normalized spacial score (nSPS) is 12.0. The monoisotopic (exact) mass is 343 g/mol. The first-order valence-corrected chi connectivity index (χ1v) is 7.58. The Morgan fingerprint density at radius 2 is 2.05 bits per heavy atom. The van der Waals surface area contributed by atoms with Gasteiger partial charge < -0.3 is 4.98 Å². The minimum Gasteiger partial charge on any atom is -0.331 e. The van der Waals surface area contributed by atoms with Crippen LogP contribution in [0.4, 0.5) is 13.2 Å². The van der Waals surface area contributed by atoms with Crippen LogP contribution in [0.15, 0.2) is 41.7 Å². The predicted molar refractivity (Wildman–Crippen MR) is 79.9 cm³/mol. The fourth-order valence-corrected chi connectivity index (χ4v) is 2.88. The Kier molecular flexibility index (Phi) is 4.01. The van der Waals surface area contributed by atoms with Gasteiger partial charge in [-0.25, -0.2) is 9.97 Å². The molecule has 0 aliphatic rings. The van der Waals surface area contributed by atoms with Crippen LogP contribution < -0.4 is 0 Å². The Balaban J connectivity index is 1.76. The Morgan fingerprint density at radius 1 is 1.23 bits per heavy atom. The molecular formula is C14H9ClF3N3S. The summed E-state index contributed by atoms with van der Waals surface area (Å²) in [5, 5.41) is 1.08. The van der Waals surface area contributed by atoms with E-state index in [9.17, 15) is 13.2 Å². The highest BCUT2D eigenvalue weighted by atomic mass is 35.5. The Bertz CT molecular complexity index is 816. The first-order valence-electron chi connectivity index (χ1n) is 6.22. The summed E-state index contributed by atoms with van der Waals surface area (Å²) >= 11 is 7.14. The number of fused-ring (bicyclic) bond motifs is 1. The third-order valence-corrected chi connectivity index (χ3v) is 4.06. The summed E-state index contributed by atoms with van der Waals surface area (Å²) in [6.45, 7) is 0. The molecule has 0 saturated carbocycles. The number of alkyl halides is 3. The summed E-state index contributed by atoms with van der Waals surface area (Å²) < 4.78 is 38.0. The van der Waals surface area contributed by atoms with E-state index >= 15 is 0 Å². The second-order valence-corrected chi connectivity index (χ2v) is 5.95. The van der Waals surface area contributed by atoms with Crippen LogP contribution in [0.25, 0.3) is 11.2 Å². The number of aromatic amines is 1. The van der Waals surface area contributed by atoms with E-state index in [2.05, 4.69) is 15.0 Å². The first-order chi connectivity index (χ1) is 10.4. The Hall–Kier alpha value is -1.73. The van der Waals surface area contributed by atoms with E-state index in [1.54, 1.807) is 12.1 Å². The molecule has 0 amide bonds. The molecule has 0 aliphatic heterocycles. The number of thioether (sulfide) groups is 1. The summed E-state index contributed by atoms with van der Waals surface area (Å²) in [5.41, 5.74) is 1.14. The summed E-state index contributed by atoms with van der Waals surface area (Å²) in [6.07, 6.45) is -2.84. The van der Waals surface area contributed by atoms with Crippen molar-refractivity contribution in [1.82, 2.24) is 15.0 Å². The van der Waals surface area contributed by atoms with Crippen LogP contribution in [-0.4, -0.2) is 15.0 Å². The number of benzene rings is 1. The van der Waals surface area contributed by atoms with Crippen molar-refractivity contribution in [2.75, 3.05) is 0 Å². The van der Waals surface area contributed by atoms with E-state index in [4.69, 9.17) is 11.6 Å². The van der Waals surface area contributed by atoms with Crippen LogP contribution >= 0.6 is 23.4 Å². The average molecular weight is 344 g/mol. The fraction of sp³-hybridized carbons (Fsp3) is 0.143. The standard InChI is InChI=1S/C14H9ClF3N3S/c15-10-5-11-12(19-6-10)21-13(20-11)22-7-8-2-1-3-9(4-8)14(16,17)18/h1-6H,7H2,(H,19,20,21). The highest BCUT2D eigenvalue weighted by molar-refractivity contribution is 7.98. The molecule has 0 unspecified atom stereocenters. The van der Waals surface area contributed by atoms with Gasteiger partial charge in [-0.05, 0) is 17.7 Å². The lowest BCUT2D eigenvalue weighted by Gasteiger charge is -2.07. The molecule has 0 atom stereocenters. The summed E-state index contributed by atoms with van der Waals surface area (Å²) in [5.74, 6) is 0.372. The Morgan fingerprint density at radius 3 is 2.82 bits per heavy atom. The first kappa shape index (κ1) is 15.2. The van der Waals surface area contributed by atoms with Gasteiger partial charge in [-0.3, -0.25) is 0 Å². The van der Waals surface area contributed by atoms with E-state index in [0.717, 1.165) is 12.1 Å². The SMILES string of the molecule is FC(F)(F)c1cccc(CSc2nc3ncc(Cl)cc3[nH]2)c1. The van der Waals surface area contributed by atoms with Crippen molar-refractivity contribution in [2.45, 2.75) is 17.1 Å². The smallest absolute Gasteiger partial charge is 0.331 e. The quantitative estimate of drug-likeness (QED) is 0.686. The molecule has 3 aromatic rings. The number of H-pyrrole nitrogens is 1. The maximum atomic E-state index is 12.7. The topological polar surface area (TPSA) is 41.6 Å². The number of hydrogen-bond acceptors (Lipinski definition) is 3. The molecule has 0 bridgehead atoms. The van der Waals surface area contributed by atoms with Gasteiger partial charge in [0.1, 0.15) is 0 Å². The van der Waals surface area contributed by atoms with Gasteiger partial charge in [0.2, 0.25) is 0 Å². The molecule has 0 radical (unpaired) electrons. The zero-order chi connectivity index (χ0) is 15.7. The largest absolute Gasteiger partial charge is 0.416 e. The molecule has 0 saturated heterocycles. The maximum Gasteiger partial charge on any atom is 0.416 e. The summed E-state index contributed by atoms with van der Waals surface area (Å²) in [6, 6.07) is 6.95. The van der Waals surface area contributed by atoms with Crippen molar-refractivity contribution in [3.8, 4) is 0 Å². The summed E-state index contributed by atoms with van der Waals surface area (Å²) in [4.78, 5) is 11.4. The molecule has 22 heavy (non-hydrogen) atoms. The number of aromatic nitrogens is 3. The average Bonchev–Trinajstić information content (AvgIpc) is 2.86. The van der Waals surface area contributed by atoms with Crippen LogP contribution in [0.5, 0.6) is 0 Å². The number of pyridine rings is 1. The van der Waals surface area contributed by atoms with E-state index in [0.29, 0.717) is 32.7 Å². The lowest BCUT2D eigenvalue weighted by Crippen LogP contribution is -2.04. The van der Waals surface area contributed by atoms with Crippen molar-refractivity contribution >= 4 is 34.5 Å². The van der Waals surface area contributed by atoms with Gasteiger partial charge in [0.25, 0.3) is 0 Å². The van der Waals surface area contributed by atoms with Gasteiger partial charge >= 0.3 is 6.18 Å². The number of halogens is 4. The van der Waals surface area contributed by atoms with Gasteiger partial charge in [0.05, 0.1) is 16.1 Å². The van der Waals surface area contributed by atoms with Crippen molar-refractivity contribution < 1.29 is 13.2 Å². The van der Waals surface area contributed by atoms with Crippen molar-refractivity contribution in [3.63, 3.8) is 0 Å². The molecule has 3 rings (SSSR count). The molecule has 3 nitrogen and oxygen atoms in total. The molecule has 0 aliphatic carbocycles. The minimum atomic E-state index is -4.33. The second-order valence-electron chi connectivity index (χ2n) is 4.55. The number of hydrogen-bond donors (Lipinski definition) is 1. The number of imidazole rings is 1. The highest BCUT2D eigenvalue weighted by Gasteiger charge is 2.30. The highest BCUT2D eigenvalue weighted by Crippen LogP contribution is 2.31. The number of nitrogens with zero attached hydrogens (tertiary/aromatic N) is 2. The third-order valence-electron chi connectivity index (χ3n) is 2.91. The molecule has 8 heteroatoms. The van der Waals surface area contributed by atoms with Crippen LogP contribution in [-0.2, 0) is 11.9 Å². The van der Waals surface area contributed by atoms with Gasteiger partial charge in [-0.1, -0.05) is 41.6 Å². The Labute approximate surface area is 132 Å². The van der Waals surface area contributed by atoms with Gasteiger partial charge in [0.15, 0.2) is 10.8 Å². The molecule has 1 aromatic carbocycles. The number of rotatable bonds is 3. The van der Waals surface area contributed by atoms with E-state index in [1.807, 2.05) is 0 Å². The zero-order valence-electron chi connectivity index (χ0n) is 11.0. The molecule has 0 spiro atoms. The zero-order valence-corrected chi connectivity index (χ0v) is 12.6. The van der Waals surface area contributed by atoms with E-state index < -0.39 is 11.7 Å². The second kappa shape index (κ2) is 5.81. The van der Waals surface area contributed by atoms with Gasteiger partial charge in [-0.2, -0.15) is 13.2 Å². The molecule has 0 fully saturated rings. The lowest BCUT2D eigenvalue weighted by molar-refractivity contribution is -0.137. The predicted octanol–water partition coefficient (Wildman–Crippen LogP) is 4.92. The fourth-order valence-electron chi connectivity index (χ4n) is 1.91. The summed E-state index contributed by atoms with van der Waals surface area (Å²) in [7, 11) is 0. The van der Waals surface area contributed by atoms with Crippen molar-refractivity contribution in [1.29, 1.82) is 0 Å². The van der Waals surface area contributed by atoms with E-state index in [1.165, 1.54) is 24.0 Å². The van der Waals surface area contributed by atoms with Crippen molar-refractivity contribution in [3.05, 3.63) is 52.7 Å². The third kappa shape index (κ3) is 3.36. The minimum absolute atomic E-state index is 0.372. The molecule has 2 heterocycles. The lowest BCUT2D eigenvalue weighted by atomic mass is 10.1. The van der Waals surface area contributed by atoms with Crippen LogP contribution in [0.3, 0.4) is 0 Å². The molecular weight excluding hydrogens is 335 g/mol. The molecule has 1 N–H and O–H groups in total. The van der Waals surface area contributed by atoms with Gasteiger partial charge in [0, 0.05) is 11.9 Å². The van der Waals surface area contributed by atoms with Crippen LogP contribution in [0.2, 0.25) is 5.02 Å². The molecule has 114 valence electrons. The number of nitrogens with one attached hydrogen (secondary N) is 1. The molecule has 2 aromatic heterocycles. The van der Waals surface area contributed by atoms with Crippen molar-refractivity contribution in [2.24, 2.45) is 0 Å². The van der Waals surface area contributed by atoms with Crippen LogP contribution in [0, 0.1) is 0 Å². The van der Waals surface area contributed by atoms with Crippen LogP contribution in [0.1, 0.15) is 11.1 Å². The maximum absolute atomic E-state index is 12.7. The van der Waals surface area contributed by atoms with E-state index in [-0.39, 0.29) is 0 Å². The van der Waals surface area contributed by atoms with Gasteiger partial charge in [-0.15, -0.1) is 0 Å².